The molecule has 0 radical (unpaired) electrons. The monoisotopic (exact) mass is 369 g/mol. The van der Waals surface area contributed by atoms with E-state index in [-0.39, 0.29) is 24.9 Å². The number of methoxy groups -OCH3 is 1. The predicted octanol–water partition coefficient (Wildman–Crippen LogP) is 3.16. The third-order valence-electron chi connectivity index (χ3n) is 4.18. The van der Waals surface area contributed by atoms with Crippen LogP contribution in [0.4, 0.5) is 11.4 Å². The second-order valence-electron chi connectivity index (χ2n) is 6.15. The van der Waals surface area contributed by atoms with Crippen LogP contribution >= 0.6 is 0 Å². The summed E-state index contributed by atoms with van der Waals surface area (Å²) in [7, 11) is 1.56. The number of hydrogen-bond acceptors (Lipinski definition) is 4. The molecule has 2 N–H and O–H groups in total. The molecule has 27 heavy (non-hydrogen) atoms. The molecular weight excluding hydrogens is 342 g/mol. The first kappa shape index (κ1) is 20.5. The van der Waals surface area contributed by atoms with E-state index in [1.807, 2.05) is 43.3 Å². The van der Waals surface area contributed by atoms with Crippen LogP contribution in [0.15, 0.2) is 48.5 Å². The Labute approximate surface area is 160 Å². The Morgan fingerprint density at radius 2 is 1.67 bits per heavy atom. The molecule has 0 unspecified atom stereocenters. The highest BCUT2D eigenvalue weighted by Crippen LogP contribution is 2.22. The fraction of sp³-hybridized carbons (Fsp3) is 0.333. The van der Waals surface area contributed by atoms with Crippen LogP contribution in [-0.2, 0) is 16.0 Å². The topological polar surface area (TPSA) is 70.7 Å². The van der Waals surface area contributed by atoms with Crippen molar-refractivity contribution in [2.45, 2.75) is 20.3 Å². The summed E-state index contributed by atoms with van der Waals surface area (Å²) in [4.78, 5) is 26.4. The standard InChI is InChI=1S/C21H27N3O3/c1-4-16-9-8-10-17(13-16)22-20(25)14-24(5-2)15-21(26)23-18-11-6-7-12-19(18)27-3/h6-13H,4-5,14-15H2,1-3H3,(H,22,25)(H,23,26). The molecule has 0 aliphatic heterocycles. The maximum Gasteiger partial charge on any atom is 0.238 e. The summed E-state index contributed by atoms with van der Waals surface area (Å²) in [6.45, 7) is 4.84. The fourth-order valence-electron chi connectivity index (χ4n) is 2.69. The zero-order chi connectivity index (χ0) is 19.6. The molecule has 2 amide bonds. The first-order valence-corrected chi connectivity index (χ1v) is 9.09. The highest BCUT2D eigenvalue weighted by molar-refractivity contribution is 5.95. The molecule has 144 valence electrons. The number of rotatable bonds is 9. The van der Waals surface area contributed by atoms with Gasteiger partial charge in [0, 0.05) is 5.69 Å². The van der Waals surface area contributed by atoms with Gasteiger partial charge in [0.25, 0.3) is 0 Å². The van der Waals surface area contributed by atoms with E-state index in [1.165, 1.54) is 0 Å². The number of carbonyl (C=O) groups excluding carboxylic acids is 2. The molecule has 2 aromatic rings. The predicted molar refractivity (Wildman–Crippen MR) is 108 cm³/mol. The van der Waals surface area contributed by atoms with Gasteiger partial charge in [0.1, 0.15) is 5.75 Å². The summed E-state index contributed by atoms with van der Waals surface area (Å²) in [6.07, 6.45) is 0.911. The van der Waals surface area contributed by atoms with Crippen LogP contribution in [-0.4, -0.2) is 43.5 Å². The van der Waals surface area contributed by atoms with Crippen molar-refractivity contribution < 1.29 is 14.3 Å². The summed E-state index contributed by atoms with van der Waals surface area (Å²) < 4.78 is 5.23. The minimum atomic E-state index is -0.192. The first-order valence-electron chi connectivity index (χ1n) is 9.09. The molecule has 0 spiro atoms. The molecular formula is C21H27N3O3. The number of ether oxygens (including phenoxy) is 1. The van der Waals surface area contributed by atoms with E-state index in [9.17, 15) is 9.59 Å². The summed E-state index contributed by atoms with van der Waals surface area (Å²) in [5.41, 5.74) is 2.55. The molecule has 0 heterocycles. The normalized spacial score (nSPS) is 10.5. The van der Waals surface area contributed by atoms with Gasteiger partial charge < -0.3 is 15.4 Å². The number of carbonyl (C=O) groups is 2. The molecule has 0 saturated heterocycles. The molecule has 0 atom stereocenters. The molecule has 6 nitrogen and oxygen atoms in total. The van der Waals surface area contributed by atoms with Crippen LogP contribution in [0.25, 0.3) is 0 Å². The summed E-state index contributed by atoms with van der Waals surface area (Å²) >= 11 is 0. The van der Waals surface area contributed by atoms with E-state index in [0.29, 0.717) is 18.0 Å². The van der Waals surface area contributed by atoms with E-state index in [4.69, 9.17) is 4.74 Å². The minimum Gasteiger partial charge on any atom is -0.495 e. The average Bonchev–Trinajstić information content (AvgIpc) is 2.67. The van der Waals surface area contributed by atoms with E-state index in [0.717, 1.165) is 17.7 Å². The Morgan fingerprint density at radius 1 is 0.963 bits per heavy atom. The number of amides is 2. The van der Waals surface area contributed by atoms with Gasteiger partial charge in [-0.2, -0.15) is 0 Å². The average molecular weight is 369 g/mol. The Balaban J connectivity index is 1.90. The number of hydrogen-bond donors (Lipinski definition) is 2. The molecule has 0 aliphatic carbocycles. The van der Waals surface area contributed by atoms with Gasteiger partial charge in [-0.05, 0) is 42.8 Å². The van der Waals surface area contributed by atoms with Crippen molar-refractivity contribution in [2.24, 2.45) is 0 Å². The van der Waals surface area contributed by atoms with Gasteiger partial charge in [-0.1, -0.05) is 38.1 Å². The van der Waals surface area contributed by atoms with E-state index >= 15 is 0 Å². The molecule has 0 saturated carbocycles. The molecule has 6 heteroatoms. The lowest BCUT2D eigenvalue weighted by Gasteiger charge is -2.20. The summed E-state index contributed by atoms with van der Waals surface area (Å²) in [6, 6.07) is 15.0. The van der Waals surface area contributed by atoms with Crippen molar-refractivity contribution in [1.29, 1.82) is 0 Å². The second kappa shape index (κ2) is 10.3. The highest BCUT2D eigenvalue weighted by atomic mass is 16.5. The first-order chi connectivity index (χ1) is 13.0. The van der Waals surface area contributed by atoms with Gasteiger partial charge in [0.2, 0.25) is 11.8 Å². The van der Waals surface area contributed by atoms with E-state index in [1.54, 1.807) is 24.1 Å². The lowest BCUT2D eigenvalue weighted by molar-refractivity contribution is -0.119. The summed E-state index contributed by atoms with van der Waals surface area (Å²) in [5.74, 6) is 0.264. The summed E-state index contributed by atoms with van der Waals surface area (Å²) in [5, 5.41) is 5.72. The van der Waals surface area contributed by atoms with Crippen LogP contribution in [0.1, 0.15) is 19.4 Å². The zero-order valence-electron chi connectivity index (χ0n) is 16.1. The van der Waals surface area contributed by atoms with Gasteiger partial charge in [0.15, 0.2) is 0 Å². The number of aryl methyl sites for hydroxylation is 1. The molecule has 0 aromatic heterocycles. The molecule has 0 aliphatic rings. The van der Waals surface area contributed by atoms with Crippen LogP contribution in [0, 0.1) is 0 Å². The van der Waals surface area contributed by atoms with Crippen molar-refractivity contribution in [1.82, 2.24) is 4.90 Å². The lowest BCUT2D eigenvalue weighted by atomic mass is 10.1. The van der Waals surface area contributed by atoms with E-state index in [2.05, 4.69) is 17.6 Å². The largest absolute Gasteiger partial charge is 0.495 e. The zero-order valence-corrected chi connectivity index (χ0v) is 16.1. The van der Waals surface area contributed by atoms with Gasteiger partial charge in [-0.25, -0.2) is 0 Å². The van der Waals surface area contributed by atoms with E-state index < -0.39 is 0 Å². The highest BCUT2D eigenvalue weighted by Gasteiger charge is 2.14. The van der Waals surface area contributed by atoms with Crippen molar-refractivity contribution in [3.63, 3.8) is 0 Å². The quantitative estimate of drug-likeness (QED) is 0.712. The Morgan fingerprint density at radius 3 is 2.33 bits per heavy atom. The maximum absolute atomic E-state index is 12.3. The fourth-order valence-corrected chi connectivity index (χ4v) is 2.69. The third kappa shape index (κ3) is 6.42. The van der Waals surface area contributed by atoms with Crippen LogP contribution in [0.5, 0.6) is 5.75 Å². The van der Waals surface area contributed by atoms with Crippen LogP contribution in [0.3, 0.4) is 0 Å². The van der Waals surface area contributed by atoms with Gasteiger partial charge in [-0.15, -0.1) is 0 Å². The Bertz CT molecular complexity index is 777. The molecule has 0 fully saturated rings. The van der Waals surface area contributed by atoms with Crippen molar-refractivity contribution in [3.05, 3.63) is 54.1 Å². The number of para-hydroxylation sites is 2. The molecule has 0 bridgehead atoms. The number of anilines is 2. The Hall–Kier alpha value is -2.86. The lowest BCUT2D eigenvalue weighted by Crippen LogP contribution is -2.38. The van der Waals surface area contributed by atoms with Crippen molar-refractivity contribution in [3.8, 4) is 5.75 Å². The number of likely N-dealkylation sites (N-methyl/N-ethyl adjacent to an activating group) is 1. The number of benzene rings is 2. The van der Waals surface area contributed by atoms with Crippen molar-refractivity contribution in [2.75, 3.05) is 37.4 Å². The second-order valence-corrected chi connectivity index (χ2v) is 6.15. The third-order valence-corrected chi connectivity index (χ3v) is 4.18. The van der Waals surface area contributed by atoms with Crippen molar-refractivity contribution >= 4 is 23.2 Å². The van der Waals surface area contributed by atoms with Crippen LogP contribution in [0.2, 0.25) is 0 Å². The van der Waals surface area contributed by atoms with Gasteiger partial charge in [0.05, 0.1) is 25.9 Å². The molecule has 2 rings (SSSR count). The molecule has 2 aromatic carbocycles. The van der Waals surface area contributed by atoms with Gasteiger partial charge >= 0.3 is 0 Å². The minimum absolute atomic E-state index is 0.122. The smallest absolute Gasteiger partial charge is 0.238 e. The number of nitrogens with zero attached hydrogens (tertiary/aromatic N) is 1. The number of nitrogens with one attached hydrogen (secondary N) is 2. The van der Waals surface area contributed by atoms with Gasteiger partial charge in [-0.3, -0.25) is 14.5 Å². The maximum atomic E-state index is 12.3. The Kier molecular flexibility index (Phi) is 7.82. The van der Waals surface area contributed by atoms with Crippen LogP contribution < -0.4 is 15.4 Å². The SMILES string of the molecule is CCc1cccc(NC(=O)CN(CC)CC(=O)Nc2ccccc2OC)c1.